The SMILES string of the molecule is CCn1cc(Cl)c(C(=O)N2N=C3/C(=C/c4ccc(C)cc4)CCC[C@@H]3[C@@H]2c2ccc(C)cc2)n1. The number of aromatic nitrogens is 2. The predicted octanol–water partition coefficient (Wildman–Crippen LogP) is 6.61. The summed E-state index contributed by atoms with van der Waals surface area (Å²) in [5, 5.41) is 11.4. The molecular formula is C28H29ClN4O. The quantitative estimate of drug-likeness (QED) is 0.429. The number of amides is 1. The largest absolute Gasteiger partial charge is 0.296 e. The molecule has 0 saturated heterocycles. The van der Waals surface area contributed by atoms with Gasteiger partial charge < -0.3 is 0 Å². The van der Waals surface area contributed by atoms with Crippen LogP contribution in [0.2, 0.25) is 5.02 Å². The summed E-state index contributed by atoms with van der Waals surface area (Å²) in [4.78, 5) is 13.7. The topological polar surface area (TPSA) is 50.5 Å². The maximum Gasteiger partial charge on any atom is 0.296 e. The highest BCUT2D eigenvalue weighted by Crippen LogP contribution is 2.45. The van der Waals surface area contributed by atoms with Crippen LogP contribution in [0.3, 0.4) is 0 Å². The fraction of sp³-hybridized carbons (Fsp3) is 0.321. The summed E-state index contributed by atoms with van der Waals surface area (Å²) in [6.45, 7) is 6.78. The molecule has 6 heteroatoms. The Kier molecular flexibility index (Phi) is 6.13. The van der Waals surface area contributed by atoms with Crippen LogP contribution in [-0.4, -0.2) is 26.4 Å². The Hall–Kier alpha value is -3.18. The first kappa shape index (κ1) is 22.6. The van der Waals surface area contributed by atoms with Crippen molar-refractivity contribution in [2.45, 2.75) is 52.6 Å². The molecule has 0 spiro atoms. The highest BCUT2D eigenvalue weighted by atomic mass is 35.5. The Bertz CT molecular complexity index is 1270. The minimum atomic E-state index is -0.251. The number of halogens is 1. The number of hydrazone groups is 1. The summed E-state index contributed by atoms with van der Waals surface area (Å²) >= 11 is 6.42. The Morgan fingerprint density at radius 1 is 1.09 bits per heavy atom. The molecular weight excluding hydrogens is 444 g/mol. The molecule has 0 bridgehead atoms. The number of benzene rings is 2. The summed E-state index contributed by atoms with van der Waals surface area (Å²) in [6.07, 6.45) is 6.94. The summed E-state index contributed by atoms with van der Waals surface area (Å²) < 4.78 is 1.69. The second-order valence-corrected chi connectivity index (χ2v) is 9.66. The maximum atomic E-state index is 13.7. The molecule has 2 atom stereocenters. The highest BCUT2D eigenvalue weighted by molar-refractivity contribution is 6.33. The molecule has 0 radical (unpaired) electrons. The van der Waals surface area contributed by atoms with Crippen LogP contribution in [-0.2, 0) is 6.54 Å². The van der Waals surface area contributed by atoms with Crippen LogP contribution in [0.25, 0.3) is 6.08 Å². The van der Waals surface area contributed by atoms with Crippen molar-refractivity contribution < 1.29 is 4.79 Å². The van der Waals surface area contributed by atoms with Gasteiger partial charge in [0, 0.05) is 18.7 Å². The van der Waals surface area contributed by atoms with Crippen molar-refractivity contribution in [2.24, 2.45) is 11.0 Å². The number of carbonyl (C=O) groups is 1. The number of carbonyl (C=O) groups excluding carboxylic acids is 1. The van der Waals surface area contributed by atoms with Crippen LogP contribution < -0.4 is 0 Å². The van der Waals surface area contributed by atoms with E-state index in [0.29, 0.717) is 11.6 Å². The van der Waals surface area contributed by atoms with E-state index in [2.05, 4.69) is 73.6 Å². The van der Waals surface area contributed by atoms with Gasteiger partial charge in [-0.05, 0) is 62.8 Å². The molecule has 1 aliphatic carbocycles. The van der Waals surface area contributed by atoms with Gasteiger partial charge in [-0.2, -0.15) is 10.2 Å². The van der Waals surface area contributed by atoms with Crippen LogP contribution >= 0.6 is 11.6 Å². The van der Waals surface area contributed by atoms with Crippen LogP contribution in [0.15, 0.2) is 65.4 Å². The Labute approximate surface area is 205 Å². The number of fused-ring (bicyclic) bond motifs is 1. The van der Waals surface area contributed by atoms with Crippen molar-refractivity contribution in [1.29, 1.82) is 0 Å². The summed E-state index contributed by atoms with van der Waals surface area (Å²) in [5.41, 5.74) is 7.15. The zero-order chi connectivity index (χ0) is 23.8. The van der Waals surface area contributed by atoms with Crippen molar-refractivity contribution in [3.8, 4) is 0 Å². The molecule has 2 aliphatic rings. The van der Waals surface area contributed by atoms with Gasteiger partial charge in [0.25, 0.3) is 5.91 Å². The van der Waals surface area contributed by atoms with Gasteiger partial charge >= 0.3 is 0 Å². The second kappa shape index (κ2) is 9.22. The molecule has 1 amide bonds. The number of allylic oxidation sites excluding steroid dienone is 1. The van der Waals surface area contributed by atoms with Crippen molar-refractivity contribution >= 4 is 29.3 Å². The van der Waals surface area contributed by atoms with E-state index >= 15 is 0 Å². The molecule has 1 saturated carbocycles. The molecule has 2 heterocycles. The lowest BCUT2D eigenvalue weighted by atomic mass is 9.77. The molecule has 0 N–H and O–H groups in total. The van der Waals surface area contributed by atoms with Crippen molar-refractivity contribution in [2.75, 3.05) is 0 Å². The number of hydrogen-bond donors (Lipinski definition) is 0. The standard InChI is InChI=1S/C28H29ClN4O/c1-4-32-17-24(29)26(30-32)28(34)33-27(21-14-10-19(3)11-15-21)23-7-5-6-22(25(23)31-33)16-20-12-8-18(2)9-13-20/h8-17,23,27H,4-7H2,1-3H3/b22-16+/t23-,27-/m0/s1. The van der Waals surface area contributed by atoms with Crippen LogP contribution in [0.5, 0.6) is 0 Å². The normalized spacial score (nSPS) is 21.0. The van der Waals surface area contributed by atoms with Crippen molar-refractivity contribution in [3.05, 3.63) is 93.3 Å². The van der Waals surface area contributed by atoms with E-state index in [1.807, 2.05) is 6.92 Å². The second-order valence-electron chi connectivity index (χ2n) is 9.25. The van der Waals surface area contributed by atoms with Gasteiger partial charge in [-0.3, -0.25) is 9.48 Å². The van der Waals surface area contributed by atoms with E-state index in [4.69, 9.17) is 16.7 Å². The molecule has 2 aromatic carbocycles. The lowest BCUT2D eigenvalue weighted by Crippen LogP contribution is -2.32. The van der Waals surface area contributed by atoms with Crippen LogP contribution in [0, 0.1) is 19.8 Å². The predicted molar refractivity (Wildman–Crippen MR) is 137 cm³/mol. The van der Waals surface area contributed by atoms with E-state index in [-0.39, 0.29) is 23.6 Å². The zero-order valence-corrected chi connectivity index (χ0v) is 20.6. The Morgan fingerprint density at radius 3 is 2.41 bits per heavy atom. The zero-order valence-electron chi connectivity index (χ0n) is 19.8. The fourth-order valence-corrected chi connectivity index (χ4v) is 5.17. The van der Waals surface area contributed by atoms with E-state index in [1.54, 1.807) is 15.9 Å². The van der Waals surface area contributed by atoms with Gasteiger partial charge in [0.1, 0.15) is 0 Å². The molecule has 1 aromatic heterocycles. The summed E-state index contributed by atoms with van der Waals surface area (Å²) in [7, 11) is 0. The average molecular weight is 473 g/mol. The minimum Gasteiger partial charge on any atom is -0.271 e. The molecule has 34 heavy (non-hydrogen) atoms. The maximum absolute atomic E-state index is 13.7. The summed E-state index contributed by atoms with van der Waals surface area (Å²) in [6, 6.07) is 16.8. The van der Waals surface area contributed by atoms with E-state index in [1.165, 1.54) is 16.7 Å². The molecule has 5 nitrogen and oxygen atoms in total. The third-order valence-electron chi connectivity index (χ3n) is 6.79. The van der Waals surface area contributed by atoms with Gasteiger partial charge in [-0.25, -0.2) is 5.01 Å². The first-order valence-corrected chi connectivity index (χ1v) is 12.3. The van der Waals surface area contributed by atoms with Gasteiger partial charge in [0.2, 0.25) is 0 Å². The van der Waals surface area contributed by atoms with Gasteiger partial charge in [-0.15, -0.1) is 0 Å². The third-order valence-corrected chi connectivity index (χ3v) is 7.07. The minimum absolute atomic E-state index is 0.143. The van der Waals surface area contributed by atoms with Gasteiger partial charge in [0.05, 0.1) is 16.8 Å². The lowest BCUT2D eigenvalue weighted by molar-refractivity contribution is 0.0674. The number of aryl methyl sites for hydroxylation is 3. The van der Waals surface area contributed by atoms with E-state index < -0.39 is 0 Å². The van der Waals surface area contributed by atoms with Crippen molar-refractivity contribution in [3.63, 3.8) is 0 Å². The average Bonchev–Trinajstić information content (AvgIpc) is 3.42. The van der Waals surface area contributed by atoms with Crippen LogP contribution in [0.4, 0.5) is 0 Å². The number of hydrogen-bond acceptors (Lipinski definition) is 3. The Balaban J connectivity index is 1.58. The van der Waals surface area contributed by atoms with Gasteiger partial charge in [-0.1, -0.05) is 71.3 Å². The molecule has 5 rings (SSSR count). The third kappa shape index (κ3) is 4.21. The number of rotatable bonds is 4. The molecule has 1 fully saturated rings. The monoisotopic (exact) mass is 472 g/mol. The summed E-state index contributed by atoms with van der Waals surface area (Å²) in [5.74, 6) is -0.108. The number of nitrogens with zero attached hydrogens (tertiary/aromatic N) is 4. The van der Waals surface area contributed by atoms with Crippen LogP contribution in [0.1, 0.15) is 65.0 Å². The Morgan fingerprint density at radius 2 is 1.76 bits per heavy atom. The lowest BCUT2D eigenvalue weighted by Gasteiger charge is -2.29. The smallest absolute Gasteiger partial charge is 0.271 e. The molecule has 0 unspecified atom stereocenters. The van der Waals surface area contributed by atoms with E-state index in [9.17, 15) is 4.79 Å². The molecule has 1 aliphatic heterocycles. The van der Waals surface area contributed by atoms with E-state index in [0.717, 1.165) is 36.1 Å². The van der Waals surface area contributed by atoms with Crippen molar-refractivity contribution in [1.82, 2.24) is 14.8 Å². The fourth-order valence-electron chi connectivity index (χ4n) is 4.94. The first-order chi connectivity index (χ1) is 16.4. The molecule has 3 aromatic rings. The molecule has 174 valence electrons. The highest BCUT2D eigenvalue weighted by Gasteiger charge is 2.44. The first-order valence-electron chi connectivity index (χ1n) is 11.9. The van der Waals surface area contributed by atoms with Gasteiger partial charge in [0.15, 0.2) is 5.69 Å².